The van der Waals surface area contributed by atoms with Gasteiger partial charge in [0.15, 0.2) is 0 Å². The molecule has 43 valence electrons. The molecule has 0 saturated carbocycles. The van der Waals surface area contributed by atoms with Crippen molar-refractivity contribution in [2.45, 2.75) is 19.1 Å². The molecule has 0 aliphatic heterocycles. The maximum absolute atomic E-state index is 10.6. The lowest BCUT2D eigenvalue weighted by Crippen LogP contribution is -2.15. The molecule has 0 bridgehead atoms. The zero-order valence-electron chi connectivity index (χ0n) is 4.81. The van der Waals surface area contributed by atoms with E-state index in [1.807, 2.05) is 13.8 Å². The standard InChI is InChI=1S/C5H11OS/c1-4-7(6)5(2)3/h5H,2,4H2,1,3H3. The Balaban J connectivity index is 3.14. The highest BCUT2D eigenvalue weighted by atomic mass is 32.2. The van der Waals surface area contributed by atoms with Crippen molar-refractivity contribution in [3.63, 3.8) is 0 Å². The predicted molar refractivity (Wildman–Crippen MR) is 33.5 cm³/mol. The van der Waals surface area contributed by atoms with E-state index in [0.29, 0.717) is 0 Å². The Labute approximate surface area is 48.3 Å². The average Bonchev–Trinajstić information content (AvgIpc) is 1.65. The molecule has 0 fully saturated rings. The largest absolute Gasteiger partial charge is 0.616 e. The first-order valence-corrected chi connectivity index (χ1v) is 3.77. The molecule has 1 nitrogen and oxygen atoms in total. The molecule has 0 aliphatic rings. The second-order valence-corrected chi connectivity index (χ2v) is 3.62. The summed E-state index contributed by atoms with van der Waals surface area (Å²) in [5.74, 6) is 0.727. The first-order valence-electron chi connectivity index (χ1n) is 2.38. The summed E-state index contributed by atoms with van der Waals surface area (Å²) in [5.41, 5.74) is 0. The Morgan fingerprint density at radius 2 is 2.29 bits per heavy atom. The molecule has 0 aromatic rings. The Morgan fingerprint density at radius 3 is 2.29 bits per heavy atom. The molecule has 0 aromatic carbocycles. The molecule has 0 heterocycles. The second kappa shape index (κ2) is 3.33. The van der Waals surface area contributed by atoms with Crippen molar-refractivity contribution in [1.29, 1.82) is 0 Å². The van der Waals surface area contributed by atoms with Crippen LogP contribution >= 0.6 is 0 Å². The van der Waals surface area contributed by atoms with Crippen molar-refractivity contribution in [3.05, 3.63) is 6.92 Å². The quantitative estimate of drug-likeness (QED) is 0.497. The van der Waals surface area contributed by atoms with Gasteiger partial charge in [0.25, 0.3) is 0 Å². The van der Waals surface area contributed by atoms with Gasteiger partial charge >= 0.3 is 0 Å². The van der Waals surface area contributed by atoms with Gasteiger partial charge in [-0.25, -0.2) is 0 Å². The monoisotopic (exact) mass is 119 g/mol. The molecule has 0 aliphatic carbocycles. The van der Waals surface area contributed by atoms with Crippen LogP contribution in [0.1, 0.15) is 13.8 Å². The molecule has 2 heteroatoms. The average molecular weight is 119 g/mol. The van der Waals surface area contributed by atoms with E-state index < -0.39 is 11.2 Å². The summed E-state index contributed by atoms with van der Waals surface area (Å²) in [6.45, 7) is 7.37. The third-order valence-corrected chi connectivity index (χ3v) is 2.20. The van der Waals surface area contributed by atoms with Crippen LogP contribution in [-0.2, 0) is 11.2 Å². The van der Waals surface area contributed by atoms with Gasteiger partial charge in [-0.05, 0) is 20.8 Å². The predicted octanol–water partition coefficient (Wildman–Crippen LogP) is 0.978. The van der Waals surface area contributed by atoms with E-state index in [4.69, 9.17) is 0 Å². The van der Waals surface area contributed by atoms with Crippen LogP contribution in [0.2, 0.25) is 0 Å². The van der Waals surface area contributed by atoms with E-state index in [-0.39, 0.29) is 5.25 Å². The van der Waals surface area contributed by atoms with Gasteiger partial charge in [-0.3, -0.25) is 0 Å². The highest BCUT2D eigenvalue weighted by Crippen LogP contribution is 1.97. The van der Waals surface area contributed by atoms with Crippen LogP contribution in [0.25, 0.3) is 0 Å². The first kappa shape index (κ1) is 7.31. The zero-order valence-corrected chi connectivity index (χ0v) is 5.62. The molecule has 1 radical (unpaired) electrons. The van der Waals surface area contributed by atoms with Crippen LogP contribution < -0.4 is 0 Å². The number of hydrogen-bond acceptors (Lipinski definition) is 1. The van der Waals surface area contributed by atoms with E-state index in [2.05, 4.69) is 6.92 Å². The normalized spacial score (nSPS) is 15.0. The SMILES string of the molecule is [CH2]C(C)[S+]([O-])CC. The van der Waals surface area contributed by atoms with Gasteiger partial charge in [-0.2, -0.15) is 0 Å². The Bertz CT molecular complexity index is 45.3. The molecule has 2 atom stereocenters. The van der Waals surface area contributed by atoms with Crippen LogP contribution in [-0.4, -0.2) is 15.6 Å². The molecule has 0 rings (SSSR count). The summed E-state index contributed by atoms with van der Waals surface area (Å²) >= 11 is -0.690. The fourth-order valence-electron chi connectivity index (χ4n) is 0.285. The van der Waals surface area contributed by atoms with Gasteiger partial charge in [-0.1, -0.05) is 11.2 Å². The van der Waals surface area contributed by atoms with Crippen LogP contribution in [0.4, 0.5) is 0 Å². The van der Waals surface area contributed by atoms with E-state index in [9.17, 15) is 4.55 Å². The van der Waals surface area contributed by atoms with Crippen molar-refractivity contribution in [2.24, 2.45) is 0 Å². The lowest BCUT2D eigenvalue weighted by atomic mass is 10.6. The van der Waals surface area contributed by atoms with Gasteiger partial charge < -0.3 is 4.55 Å². The molecular formula is C5H11OS. The zero-order chi connectivity index (χ0) is 5.86. The molecule has 7 heavy (non-hydrogen) atoms. The van der Waals surface area contributed by atoms with E-state index in [0.717, 1.165) is 5.75 Å². The first-order chi connectivity index (χ1) is 3.18. The van der Waals surface area contributed by atoms with Crippen molar-refractivity contribution in [1.82, 2.24) is 0 Å². The highest BCUT2D eigenvalue weighted by molar-refractivity contribution is 7.92. The number of rotatable bonds is 2. The van der Waals surface area contributed by atoms with E-state index in [1.54, 1.807) is 0 Å². The Hall–Kier alpha value is 0.310. The van der Waals surface area contributed by atoms with Gasteiger partial charge in [0, 0.05) is 0 Å². The molecule has 0 saturated heterocycles. The molecule has 0 aromatic heterocycles. The lowest BCUT2D eigenvalue weighted by molar-refractivity contribution is 0.591. The Kier molecular flexibility index (Phi) is 3.48. The van der Waals surface area contributed by atoms with Crippen molar-refractivity contribution < 1.29 is 4.55 Å². The minimum absolute atomic E-state index is 0.0880. The third kappa shape index (κ3) is 2.94. The maximum atomic E-state index is 10.6. The fraction of sp³-hybridized carbons (Fsp3) is 0.800. The Morgan fingerprint density at radius 1 is 1.86 bits per heavy atom. The molecule has 0 N–H and O–H groups in total. The highest BCUT2D eigenvalue weighted by Gasteiger charge is 2.05. The summed E-state index contributed by atoms with van der Waals surface area (Å²) in [6.07, 6.45) is 0. The molecular weight excluding hydrogens is 108 g/mol. The second-order valence-electron chi connectivity index (χ2n) is 1.48. The van der Waals surface area contributed by atoms with Crippen molar-refractivity contribution in [2.75, 3.05) is 5.75 Å². The van der Waals surface area contributed by atoms with Gasteiger partial charge in [0.1, 0.15) is 11.0 Å². The van der Waals surface area contributed by atoms with Crippen LogP contribution in [0.3, 0.4) is 0 Å². The minimum Gasteiger partial charge on any atom is -0.616 e. The molecule has 0 amide bonds. The van der Waals surface area contributed by atoms with Crippen LogP contribution in [0.15, 0.2) is 0 Å². The summed E-state index contributed by atoms with van der Waals surface area (Å²) in [5, 5.41) is 0.0880. The van der Waals surface area contributed by atoms with Crippen LogP contribution in [0.5, 0.6) is 0 Å². The number of hydrogen-bond donors (Lipinski definition) is 0. The van der Waals surface area contributed by atoms with Gasteiger partial charge in [-0.15, -0.1) is 0 Å². The van der Waals surface area contributed by atoms with E-state index >= 15 is 0 Å². The minimum atomic E-state index is -0.690. The van der Waals surface area contributed by atoms with Crippen molar-refractivity contribution in [3.8, 4) is 0 Å². The fourth-order valence-corrected chi connectivity index (χ4v) is 0.854. The maximum Gasteiger partial charge on any atom is 0.113 e. The summed E-state index contributed by atoms with van der Waals surface area (Å²) in [7, 11) is 0. The molecule has 0 spiro atoms. The summed E-state index contributed by atoms with van der Waals surface area (Å²) < 4.78 is 10.6. The van der Waals surface area contributed by atoms with E-state index in [1.165, 1.54) is 0 Å². The lowest BCUT2D eigenvalue weighted by Gasteiger charge is -2.10. The topological polar surface area (TPSA) is 23.1 Å². The van der Waals surface area contributed by atoms with Crippen molar-refractivity contribution >= 4 is 11.2 Å². The van der Waals surface area contributed by atoms with Gasteiger partial charge in [0.2, 0.25) is 0 Å². The van der Waals surface area contributed by atoms with Crippen LogP contribution in [0, 0.1) is 6.92 Å². The third-order valence-electron chi connectivity index (χ3n) is 0.733. The molecule has 2 unspecified atom stereocenters. The van der Waals surface area contributed by atoms with Gasteiger partial charge in [0.05, 0.1) is 0 Å². The smallest absolute Gasteiger partial charge is 0.113 e. The summed E-state index contributed by atoms with van der Waals surface area (Å²) in [4.78, 5) is 0. The summed E-state index contributed by atoms with van der Waals surface area (Å²) in [6, 6.07) is 0.